The molecule has 1 saturated heterocycles. The number of likely N-dealkylation sites (tertiary alicyclic amines) is 1. The van der Waals surface area contributed by atoms with E-state index in [0.717, 1.165) is 18.9 Å². The molecule has 1 atom stereocenters. The van der Waals surface area contributed by atoms with E-state index in [9.17, 15) is 9.59 Å². The number of piperidine rings is 1. The van der Waals surface area contributed by atoms with Crippen LogP contribution in [0.2, 0.25) is 0 Å². The molecule has 1 aliphatic rings. The Morgan fingerprint density at radius 1 is 1.22 bits per heavy atom. The maximum Gasteiger partial charge on any atom is 0.229 e. The monoisotopic (exact) mass is 324 g/mol. The first kappa shape index (κ1) is 19.5. The van der Waals surface area contributed by atoms with E-state index in [4.69, 9.17) is 0 Å². The summed E-state index contributed by atoms with van der Waals surface area (Å²) in [6.07, 6.45) is 6.50. The highest BCUT2D eigenvalue weighted by molar-refractivity contribution is 5.97. The third-order valence-corrected chi connectivity index (χ3v) is 4.34. The molecule has 1 unspecified atom stereocenters. The van der Waals surface area contributed by atoms with Crippen molar-refractivity contribution < 1.29 is 9.59 Å². The van der Waals surface area contributed by atoms with Crippen LogP contribution in [0.25, 0.3) is 0 Å². The highest BCUT2D eigenvalue weighted by Crippen LogP contribution is 2.12. The number of imide groups is 1. The zero-order valence-electron chi connectivity index (χ0n) is 14.9. The summed E-state index contributed by atoms with van der Waals surface area (Å²) in [4.78, 5) is 29.0. The Kier molecular flexibility index (Phi) is 9.33. The van der Waals surface area contributed by atoms with Gasteiger partial charge in [-0.1, -0.05) is 33.1 Å². The Hall–Kier alpha value is -1.59. The largest absolute Gasteiger partial charge is 0.356 e. The van der Waals surface area contributed by atoms with Crippen molar-refractivity contribution in [3.05, 3.63) is 0 Å². The Labute approximate surface area is 140 Å². The van der Waals surface area contributed by atoms with Crippen molar-refractivity contribution in [3.63, 3.8) is 0 Å². The molecule has 2 amide bonds. The SMILES string of the molecule is CCCCC(CC)CNC(=NC)NCCN1C(=O)CCCC1=O. The van der Waals surface area contributed by atoms with Crippen LogP contribution in [0.4, 0.5) is 0 Å². The smallest absolute Gasteiger partial charge is 0.229 e. The van der Waals surface area contributed by atoms with E-state index in [0.29, 0.717) is 38.3 Å². The minimum atomic E-state index is -0.0587. The Morgan fingerprint density at radius 3 is 2.48 bits per heavy atom. The van der Waals surface area contributed by atoms with E-state index in [-0.39, 0.29) is 11.8 Å². The molecule has 1 heterocycles. The van der Waals surface area contributed by atoms with E-state index >= 15 is 0 Å². The molecule has 6 nitrogen and oxygen atoms in total. The molecule has 132 valence electrons. The van der Waals surface area contributed by atoms with Crippen LogP contribution in [-0.4, -0.2) is 49.4 Å². The molecule has 2 N–H and O–H groups in total. The van der Waals surface area contributed by atoms with E-state index in [2.05, 4.69) is 29.5 Å². The van der Waals surface area contributed by atoms with Gasteiger partial charge in [0.15, 0.2) is 5.96 Å². The summed E-state index contributed by atoms with van der Waals surface area (Å²) >= 11 is 0. The minimum Gasteiger partial charge on any atom is -0.356 e. The van der Waals surface area contributed by atoms with E-state index in [1.807, 2.05) is 0 Å². The molecule has 0 aromatic carbocycles. The quantitative estimate of drug-likeness (QED) is 0.386. The van der Waals surface area contributed by atoms with Crippen molar-refractivity contribution in [1.82, 2.24) is 15.5 Å². The Morgan fingerprint density at radius 2 is 1.91 bits per heavy atom. The normalized spacial score (nSPS) is 17.3. The molecular formula is C17H32N4O2. The third-order valence-electron chi connectivity index (χ3n) is 4.34. The summed E-state index contributed by atoms with van der Waals surface area (Å²) in [6, 6.07) is 0. The molecule has 0 aromatic heterocycles. The van der Waals surface area contributed by atoms with Crippen LogP contribution in [0.3, 0.4) is 0 Å². The first-order chi connectivity index (χ1) is 11.1. The molecule has 0 bridgehead atoms. The standard InChI is InChI=1S/C17H32N4O2/c1-4-6-8-14(5-2)13-20-17(18-3)19-11-12-21-15(22)9-7-10-16(21)23/h14H,4-13H2,1-3H3,(H2,18,19,20). The van der Waals surface area contributed by atoms with Gasteiger partial charge in [0.2, 0.25) is 11.8 Å². The van der Waals surface area contributed by atoms with Crippen LogP contribution in [-0.2, 0) is 9.59 Å². The number of nitrogens with one attached hydrogen (secondary N) is 2. The zero-order valence-corrected chi connectivity index (χ0v) is 14.9. The number of aliphatic imine (C=N–C) groups is 1. The van der Waals surface area contributed by atoms with Gasteiger partial charge in [-0.25, -0.2) is 0 Å². The van der Waals surface area contributed by atoms with Gasteiger partial charge in [-0.2, -0.15) is 0 Å². The second-order valence-electron chi connectivity index (χ2n) is 6.09. The minimum absolute atomic E-state index is 0.0587. The van der Waals surface area contributed by atoms with Crippen molar-refractivity contribution in [1.29, 1.82) is 0 Å². The number of guanidine groups is 1. The summed E-state index contributed by atoms with van der Waals surface area (Å²) in [5, 5.41) is 6.53. The van der Waals surface area contributed by atoms with Crippen molar-refractivity contribution in [2.45, 2.75) is 58.8 Å². The molecule has 1 fully saturated rings. The van der Waals surface area contributed by atoms with Gasteiger partial charge in [0.05, 0.1) is 0 Å². The van der Waals surface area contributed by atoms with Gasteiger partial charge in [-0.15, -0.1) is 0 Å². The first-order valence-corrected chi connectivity index (χ1v) is 8.90. The van der Waals surface area contributed by atoms with E-state index in [1.165, 1.54) is 24.2 Å². The predicted octanol–water partition coefficient (Wildman–Crippen LogP) is 1.91. The van der Waals surface area contributed by atoms with Crippen molar-refractivity contribution in [3.8, 4) is 0 Å². The lowest BCUT2D eigenvalue weighted by atomic mass is 9.99. The van der Waals surface area contributed by atoms with Gasteiger partial charge in [0.1, 0.15) is 0 Å². The van der Waals surface area contributed by atoms with Crippen LogP contribution >= 0.6 is 0 Å². The molecule has 0 radical (unpaired) electrons. The fraction of sp³-hybridized carbons (Fsp3) is 0.824. The van der Waals surface area contributed by atoms with Crippen LogP contribution in [0.15, 0.2) is 4.99 Å². The number of carbonyl (C=O) groups is 2. The highest BCUT2D eigenvalue weighted by atomic mass is 16.2. The molecule has 0 saturated carbocycles. The molecular weight excluding hydrogens is 292 g/mol. The fourth-order valence-electron chi connectivity index (χ4n) is 2.74. The molecule has 1 aliphatic heterocycles. The lowest BCUT2D eigenvalue weighted by Gasteiger charge is -2.25. The van der Waals surface area contributed by atoms with Crippen LogP contribution < -0.4 is 10.6 Å². The lowest BCUT2D eigenvalue weighted by molar-refractivity contribution is -0.147. The summed E-state index contributed by atoms with van der Waals surface area (Å²) in [6.45, 7) is 6.27. The number of nitrogens with zero attached hydrogens (tertiary/aromatic N) is 2. The van der Waals surface area contributed by atoms with Crippen LogP contribution in [0.5, 0.6) is 0 Å². The molecule has 0 aromatic rings. The average Bonchev–Trinajstić information content (AvgIpc) is 2.55. The third kappa shape index (κ3) is 7.01. The topological polar surface area (TPSA) is 73.8 Å². The number of rotatable bonds is 9. The number of hydrogen-bond acceptors (Lipinski definition) is 3. The predicted molar refractivity (Wildman–Crippen MR) is 93.2 cm³/mol. The second-order valence-corrected chi connectivity index (χ2v) is 6.09. The lowest BCUT2D eigenvalue weighted by Crippen LogP contribution is -2.47. The number of hydrogen-bond donors (Lipinski definition) is 2. The number of amides is 2. The van der Waals surface area contributed by atoms with Gasteiger partial charge in [0.25, 0.3) is 0 Å². The van der Waals surface area contributed by atoms with Crippen molar-refractivity contribution >= 4 is 17.8 Å². The Balaban J connectivity index is 2.30. The van der Waals surface area contributed by atoms with Crippen molar-refractivity contribution in [2.24, 2.45) is 10.9 Å². The highest BCUT2D eigenvalue weighted by Gasteiger charge is 2.25. The van der Waals surface area contributed by atoms with Gasteiger partial charge in [-0.05, 0) is 18.8 Å². The molecule has 0 spiro atoms. The summed E-state index contributed by atoms with van der Waals surface area (Å²) in [5.74, 6) is 1.27. The van der Waals surface area contributed by atoms with E-state index < -0.39 is 0 Å². The molecule has 0 aliphatic carbocycles. The Bertz CT molecular complexity index is 393. The fourth-order valence-corrected chi connectivity index (χ4v) is 2.74. The first-order valence-electron chi connectivity index (χ1n) is 8.90. The number of unbranched alkanes of at least 4 members (excludes halogenated alkanes) is 1. The second kappa shape index (κ2) is 11.0. The summed E-state index contributed by atoms with van der Waals surface area (Å²) < 4.78 is 0. The summed E-state index contributed by atoms with van der Waals surface area (Å²) in [7, 11) is 1.74. The molecule has 1 rings (SSSR count). The average molecular weight is 324 g/mol. The van der Waals surface area contributed by atoms with Crippen LogP contribution in [0, 0.1) is 5.92 Å². The van der Waals surface area contributed by atoms with E-state index in [1.54, 1.807) is 7.05 Å². The van der Waals surface area contributed by atoms with Crippen molar-refractivity contribution in [2.75, 3.05) is 26.7 Å². The number of carbonyl (C=O) groups excluding carboxylic acids is 2. The summed E-state index contributed by atoms with van der Waals surface area (Å²) in [5.41, 5.74) is 0. The zero-order chi connectivity index (χ0) is 17.1. The molecule has 23 heavy (non-hydrogen) atoms. The van der Waals surface area contributed by atoms with Gasteiger partial charge in [-0.3, -0.25) is 19.5 Å². The van der Waals surface area contributed by atoms with Gasteiger partial charge >= 0.3 is 0 Å². The van der Waals surface area contributed by atoms with Gasteiger partial charge in [0, 0.05) is 39.5 Å². The maximum atomic E-state index is 11.7. The maximum absolute atomic E-state index is 11.7. The molecule has 6 heteroatoms. The van der Waals surface area contributed by atoms with Crippen LogP contribution in [0.1, 0.15) is 58.8 Å². The van der Waals surface area contributed by atoms with Gasteiger partial charge < -0.3 is 10.6 Å².